The van der Waals surface area contributed by atoms with Crippen molar-refractivity contribution in [1.29, 1.82) is 0 Å². The number of benzene rings is 2. The van der Waals surface area contributed by atoms with E-state index in [4.69, 9.17) is 4.74 Å². The Bertz CT molecular complexity index is 612. The fraction of sp³-hybridized carbons (Fsp3) is 0.455. The Hall–Kier alpha value is -1.90. The van der Waals surface area contributed by atoms with Gasteiger partial charge in [-0.15, -0.1) is 0 Å². The molecule has 0 aromatic heterocycles. The molecular formula is C22H28F2O. The van der Waals surface area contributed by atoms with Crippen LogP contribution in [0.5, 0.6) is 5.75 Å². The maximum absolute atomic E-state index is 13.3. The van der Waals surface area contributed by atoms with Gasteiger partial charge < -0.3 is 4.74 Å². The second kappa shape index (κ2) is 9.55. The molecule has 1 nitrogen and oxygen atoms in total. The van der Waals surface area contributed by atoms with Gasteiger partial charge in [0.15, 0.2) is 0 Å². The van der Waals surface area contributed by atoms with E-state index in [1.165, 1.54) is 44.2 Å². The van der Waals surface area contributed by atoms with Crippen LogP contribution in [0.3, 0.4) is 0 Å². The third-order valence-electron chi connectivity index (χ3n) is 4.35. The Kier molecular flexibility index (Phi) is 7.42. The molecule has 0 saturated carbocycles. The molecule has 0 heterocycles. The predicted molar refractivity (Wildman–Crippen MR) is 100 cm³/mol. The molecule has 0 bridgehead atoms. The molecule has 0 unspecified atom stereocenters. The summed E-state index contributed by atoms with van der Waals surface area (Å²) in [5.41, 5.74) is 1.96. The lowest BCUT2D eigenvalue weighted by Gasteiger charge is -2.11. The Morgan fingerprint density at radius 2 is 1.28 bits per heavy atom. The molecule has 3 heteroatoms. The molecule has 0 aliphatic carbocycles. The van der Waals surface area contributed by atoms with E-state index in [-0.39, 0.29) is 5.56 Å². The number of halogens is 2. The Labute approximate surface area is 150 Å². The van der Waals surface area contributed by atoms with E-state index in [0.717, 1.165) is 36.8 Å². The summed E-state index contributed by atoms with van der Waals surface area (Å²) in [6.45, 7) is 3.88. The summed E-state index contributed by atoms with van der Waals surface area (Å²) < 4.78 is 32.3. The second-order valence-electron chi connectivity index (χ2n) is 6.61. The summed E-state index contributed by atoms with van der Waals surface area (Å²) >= 11 is 0. The van der Waals surface area contributed by atoms with E-state index >= 15 is 0 Å². The molecule has 0 fully saturated rings. The average Bonchev–Trinajstić information content (AvgIpc) is 2.61. The van der Waals surface area contributed by atoms with Crippen molar-refractivity contribution in [3.63, 3.8) is 0 Å². The summed E-state index contributed by atoms with van der Waals surface area (Å²) in [5.74, 6) is -1.94. The van der Waals surface area contributed by atoms with Crippen molar-refractivity contribution in [2.75, 3.05) is 6.61 Å². The summed E-state index contributed by atoms with van der Waals surface area (Å²) in [4.78, 5) is 0. The van der Waals surface area contributed by atoms with E-state index in [9.17, 15) is 8.78 Å². The summed E-state index contributed by atoms with van der Waals surface area (Å²) in [6.07, 6.45) is 7.48. The lowest BCUT2D eigenvalue weighted by atomic mass is 10.0. The van der Waals surface area contributed by atoms with Gasteiger partial charge in [0.1, 0.15) is 5.75 Å². The van der Waals surface area contributed by atoms with Gasteiger partial charge >= 0.3 is 0 Å². The van der Waals surface area contributed by atoms with E-state index in [2.05, 4.69) is 6.92 Å². The minimum Gasteiger partial charge on any atom is -0.494 e. The molecule has 0 amide bonds. The van der Waals surface area contributed by atoms with Gasteiger partial charge in [0, 0.05) is 12.5 Å². The molecule has 0 atom stereocenters. The van der Waals surface area contributed by atoms with Crippen LogP contribution in [0.1, 0.15) is 57.9 Å². The van der Waals surface area contributed by atoms with Crippen LogP contribution in [0, 0.1) is 0 Å². The molecule has 0 radical (unpaired) electrons. The molecule has 2 aromatic rings. The molecule has 2 aromatic carbocycles. The van der Waals surface area contributed by atoms with Crippen LogP contribution in [0.2, 0.25) is 0 Å². The first-order valence-corrected chi connectivity index (χ1v) is 9.22. The minimum atomic E-state index is -2.80. The van der Waals surface area contributed by atoms with Crippen molar-refractivity contribution in [3.8, 4) is 16.9 Å². The first kappa shape index (κ1) is 19.4. The maximum atomic E-state index is 13.3. The normalized spacial score (nSPS) is 11.5. The topological polar surface area (TPSA) is 9.23 Å². The lowest BCUT2D eigenvalue weighted by molar-refractivity contribution is 0.0175. The van der Waals surface area contributed by atoms with Crippen LogP contribution in [0.25, 0.3) is 11.1 Å². The van der Waals surface area contributed by atoms with Crippen LogP contribution >= 0.6 is 0 Å². The van der Waals surface area contributed by atoms with Crippen LogP contribution < -0.4 is 4.74 Å². The van der Waals surface area contributed by atoms with Crippen molar-refractivity contribution in [2.45, 2.75) is 58.3 Å². The smallest absolute Gasteiger partial charge is 0.270 e. The van der Waals surface area contributed by atoms with Crippen molar-refractivity contribution >= 4 is 0 Å². The van der Waals surface area contributed by atoms with Crippen molar-refractivity contribution in [3.05, 3.63) is 54.1 Å². The molecular weight excluding hydrogens is 318 g/mol. The van der Waals surface area contributed by atoms with Gasteiger partial charge in [0.05, 0.1) is 6.61 Å². The van der Waals surface area contributed by atoms with Gasteiger partial charge in [0.25, 0.3) is 5.92 Å². The SMILES string of the molecule is CCCCCCCCOc1ccc(-c2ccc(C(C)(F)F)cc2)cc1. The first-order chi connectivity index (χ1) is 12.0. The number of ether oxygens (including phenoxy) is 1. The maximum Gasteiger partial charge on any atom is 0.270 e. The van der Waals surface area contributed by atoms with E-state index in [1.807, 2.05) is 24.3 Å². The van der Waals surface area contributed by atoms with Crippen molar-refractivity contribution in [2.24, 2.45) is 0 Å². The lowest BCUT2D eigenvalue weighted by Crippen LogP contribution is -2.06. The molecule has 0 aliphatic rings. The van der Waals surface area contributed by atoms with Crippen molar-refractivity contribution < 1.29 is 13.5 Å². The fourth-order valence-corrected chi connectivity index (χ4v) is 2.77. The van der Waals surface area contributed by atoms with Gasteiger partial charge in [-0.25, -0.2) is 8.78 Å². The van der Waals surface area contributed by atoms with Gasteiger partial charge in [-0.2, -0.15) is 0 Å². The third kappa shape index (κ3) is 6.49. The number of rotatable bonds is 10. The van der Waals surface area contributed by atoms with Gasteiger partial charge in [-0.05, 0) is 29.7 Å². The minimum absolute atomic E-state index is 0.0372. The fourth-order valence-electron chi connectivity index (χ4n) is 2.77. The molecule has 25 heavy (non-hydrogen) atoms. The highest BCUT2D eigenvalue weighted by molar-refractivity contribution is 5.64. The monoisotopic (exact) mass is 346 g/mol. The predicted octanol–water partition coefficient (Wildman–Crippen LogP) is 7.20. The quantitative estimate of drug-likeness (QED) is 0.413. The Balaban J connectivity index is 1.81. The largest absolute Gasteiger partial charge is 0.494 e. The highest BCUT2D eigenvalue weighted by atomic mass is 19.3. The van der Waals surface area contributed by atoms with Crippen LogP contribution in [-0.2, 0) is 5.92 Å². The molecule has 0 aliphatic heterocycles. The summed E-state index contributed by atoms with van der Waals surface area (Å²) in [6, 6.07) is 14.3. The standard InChI is InChI=1S/C22H28F2O/c1-3-4-5-6-7-8-17-25-21-15-11-19(12-16-21)18-9-13-20(14-10-18)22(2,23)24/h9-16H,3-8,17H2,1-2H3. The zero-order valence-corrected chi connectivity index (χ0v) is 15.2. The molecule has 2 rings (SSSR count). The Morgan fingerprint density at radius 1 is 0.760 bits per heavy atom. The highest BCUT2D eigenvalue weighted by Crippen LogP contribution is 2.29. The zero-order valence-electron chi connectivity index (χ0n) is 15.2. The zero-order chi connectivity index (χ0) is 18.1. The van der Waals surface area contributed by atoms with Gasteiger partial charge in [-0.1, -0.05) is 75.4 Å². The molecule has 0 saturated heterocycles. The van der Waals surface area contributed by atoms with Crippen molar-refractivity contribution in [1.82, 2.24) is 0 Å². The van der Waals surface area contributed by atoms with Crippen LogP contribution in [-0.4, -0.2) is 6.61 Å². The van der Waals surface area contributed by atoms with Gasteiger partial charge in [-0.3, -0.25) is 0 Å². The van der Waals surface area contributed by atoms with Gasteiger partial charge in [0.2, 0.25) is 0 Å². The number of alkyl halides is 2. The number of hydrogen-bond donors (Lipinski definition) is 0. The molecule has 0 N–H and O–H groups in total. The third-order valence-corrected chi connectivity index (χ3v) is 4.35. The number of unbranched alkanes of at least 4 members (excludes halogenated alkanes) is 5. The molecule has 0 spiro atoms. The van der Waals surface area contributed by atoms with E-state index < -0.39 is 5.92 Å². The van der Waals surface area contributed by atoms with Crippen LogP contribution in [0.4, 0.5) is 8.78 Å². The van der Waals surface area contributed by atoms with Crippen LogP contribution in [0.15, 0.2) is 48.5 Å². The summed E-state index contributed by atoms with van der Waals surface area (Å²) in [5, 5.41) is 0. The summed E-state index contributed by atoms with van der Waals surface area (Å²) in [7, 11) is 0. The second-order valence-corrected chi connectivity index (χ2v) is 6.61. The van der Waals surface area contributed by atoms with E-state index in [1.54, 1.807) is 12.1 Å². The highest BCUT2D eigenvalue weighted by Gasteiger charge is 2.23. The number of hydrogen-bond acceptors (Lipinski definition) is 1. The first-order valence-electron chi connectivity index (χ1n) is 9.22. The Morgan fingerprint density at radius 3 is 1.84 bits per heavy atom. The average molecular weight is 346 g/mol. The van der Waals surface area contributed by atoms with E-state index in [0.29, 0.717) is 0 Å². The molecule has 136 valence electrons.